The topological polar surface area (TPSA) is 58.6 Å². The van der Waals surface area contributed by atoms with Gasteiger partial charge in [0.1, 0.15) is 5.54 Å². The highest BCUT2D eigenvalue weighted by molar-refractivity contribution is 5.80. The molecule has 2 aliphatic rings. The highest BCUT2D eigenvalue weighted by Gasteiger charge is 2.53. The molecule has 14 heavy (non-hydrogen) atoms. The lowest BCUT2D eigenvalue weighted by Crippen LogP contribution is -2.57. The zero-order valence-corrected chi connectivity index (χ0v) is 8.62. The van der Waals surface area contributed by atoms with Crippen molar-refractivity contribution >= 4 is 5.97 Å². The zero-order valence-electron chi connectivity index (χ0n) is 8.62. The van der Waals surface area contributed by atoms with Gasteiger partial charge in [0.05, 0.1) is 12.2 Å². The number of hydrogen-bond donors (Lipinski definition) is 2. The van der Waals surface area contributed by atoms with E-state index >= 15 is 0 Å². The summed E-state index contributed by atoms with van der Waals surface area (Å²) in [6, 6.07) is 0.391. The minimum atomic E-state index is -0.847. The molecule has 4 nitrogen and oxygen atoms in total. The standard InChI is InChI=1S/C10H17NO3/c1-6-5-10(9(12)13,7(2)14-6)11-8-3-4-8/h6-8,11H,3-5H2,1-2H3,(H,12,13). The van der Waals surface area contributed by atoms with Gasteiger partial charge in [-0.15, -0.1) is 0 Å². The second kappa shape index (κ2) is 3.21. The van der Waals surface area contributed by atoms with E-state index in [2.05, 4.69) is 5.32 Å². The van der Waals surface area contributed by atoms with Crippen LogP contribution in [0.1, 0.15) is 33.1 Å². The molecule has 80 valence electrons. The first kappa shape index (κ1) is 9.93. The highest BCUT2D eigenvalue weighted by atomic mass is 16.5. The van der Waals surface area contributed by atoms with Crippen LogP contribution in [0.25, 0.3) is 0 Å². The molecule has 2 fully saturated rings. The predicted molar refractivity (Wildman–Crippen MR) is 51.2 cm³/mol. The molecule has 2 rings (SSSR count). The maximum absolute atomic E-state index is 11.3. The summed E-state index contributed by atoms with van der Waals surface area (Å²) in [4.78, 5) is 11.3. The maximum Gasteiger partial charge on any atom is 0.326 e. The first-order chi connectivity index (χ1) is 6.54. The Kier molecular flexibility index (Phi) is 2.27. The van der Waals surface area contributed by atoms with Crippen molar-refractivity contribution in [2.24, 2.45) is 0 Å². The smallest absolute Gasteiger partial charge is 0.326 e. The lowest BCUT2D eigenvalue weighted by molar-refractivity contribution is -0.147. The number of aliphatic carboxylic acids is 1. The molecular weight excluding hydrogens is 182 g/mol. The monoisotopic (exact) mass is 199 g/mol. The Bertz CT molecular complexity index is 252. The van der Waals surface area contributed by atoms with E-state index in [0.29, 0.717) is 12.5 Å². The van der Waals surface area contributed by atoms with E-state index in [1.165, 1.54) is 0 Å². The van der Waals surface area contributed by atoms with Gasteiger partial charge in [-0.25, -0.2) is 0 Å². The second-order valence-corrected chi connectivity index (χ2v) is 4.49. The average molecular weight is 199 g/mol. The third-order valence-electron chi connectivity index (χ3n) is 3.16. The van der Waals surface area contributed by atoms with Crippen LogP contribution in [0.2, 0.25) is 0 Å². The van der Waals surface area contributed by atoms with Crippen molar-refractivity contribution < 1.29 is 14.6 Å². The van der Waals surface area contributed by atoms with E-state index in [-0.39, 0.29) is 12.2 Å². The van der Waals surface area contributed by atoms with Crippen LogP contribution in [0.5, 0.6) is 0 Å². The van der Waals surface area contributed by atoms with Crippen LogP contribution >= 0.6 is 0 Å². The van der Waals surface area contributed by atoms with E-state index in [0.717, 1.165) is 12.8 Å². The molecule has 0 aromatic rings. The van der Waals surface area contributed by atoms with Crippen molar-refractivity contribution in [3.63, 3.8) is 0 Å². The van der Waals surface area contributed by atoms with Crippen molar-refractivity contribution in [3.8, 4) is 0 Å². The molecule has 3 atom stereocenters. The van der Waals surface area contributed by atoms with Crippen molar-refractivity contribution in [2.75, 3.05) is 0 Å². The number of ether oxygens (including phenoxy) is 1. The van der Waals surface area contributed by atoms with Gasteiger partial charge in [0, 0.05) is 12.5 Å². The van der Waals surface area contributed by atoms with Gasteiger partial charge < -0.3 is 9.84 Å². The fraction of sp³-hybridized carbons (Fsp3) is 0.900. The fourth-order valence-electron chi connectivity index (χ4n) is 2.22. The molecule has 0 amide bonds. The van der Waals surface area contributed by atoms with Gasteiger partial charge in [0.25, 0.3) is 0 Å². The maximum atomic E-state index is 11.3. The average Bonchev–Trinajstić information content (AvgIpc) is 2.80. The molecule has 0 aromatic heterocycles. The predicted octanol–water partition coefficient (Wildman–Crippen LogP) is 0.759. The summed E-state index contributed by atoms with van der Waals surface area (Å²) in [5, 5.41) is 12.5. The number of hydrogen-bond acceptors (Lipinski definition) is 3. The van der Waals surface area contributed by atoms with E-state index in [1.807, 2.05) is 13.8 Å². The van der Waals surface area contributed by atoms with Crippen molar-refractivity contribution in [1.29, 1.82) is 0 Å². The highest BCUT2D eigenvalue weighted by Crippen LogP contribution is 2.34. The third-order valence-corrected chi connectivity index (χ3v) is 3.16. The number of carboxylic acid groups (broad SMARTS) is 1. The Hall–Kier alpha value is -0.610. The molecular formula is C10H17NO3. The Morgan fingerprint density at radius 2 is 2.14 bits per heavy atom. The van der Waals surface area contributed by atoms with E-state index in [1.54, 1.807) is 0 Å². The number of rotatable bonds is 3. The van der Waals surface area contributed by atoms with Crippen LogP contribution in [0.3, 0.4) is 0 Å². The molecule has 4 heteroatoms. The fourth-order valence-corrected chi connectivity index (χ4v) is 2.22. The SMILES string of the molecule is CC1CC(NC2CC2)(C(=O)O)C(C)O1. The van der Waals surface area contributed by atoms with Crippen molar-refractivity contribution in [3.05, 3.63) is 0 Å². The van der Waals surface area contributed by atoms with Crippen LogP contribution in [0, 0.1) is 0 Å². The summed E-state index contributed by atoms with van der Waals surface area (Å²) in [7, 11) is 0. The molecule has 1 saturated heterocycles. The first-order valence-electron chi connectivity index (χ1n) is 5.21. The molecule has 1 heterocycles. The summed E-state index contributed by atoms with van der Waals surface area (Å²) in [6.07, 6.45) is 2.55. The Morgan fingerprint density at radius 1 is 1.50 bits per heavy atom. The third kappa shape index (κ3) is 1.53. The molecule has 2 N–H and O–H groups in total. The van der Waals surface area contributed by atoms with Gasteiger partial charge in [-0.2, -0.15) is 0 Å². The van der Waals surface area contributed by atoms with Gasteiger partial charge in [-0.1, -0.05) is 0 Å². The molecule has 3 unspecified atom stereocenters. The van der Waals surface area contributed by atoms with Gasteiger partial charge in [0.2, 0.25) is 0 Å². The second-order valence-electron chi connectivity index (χ2n) is 4.49. The Morgan fingerprint density at radius 3 is 2.50 bits per heavy atom. The summed E-state index contributed by atoms with van der Waals surface area (Å²) < 4.78 is 5.52. The first-order valence-corrected chi connectivity index (χ1v) is 5.21. The van der Waals surface area contributed by atoms with E-state index in [9.17, 15) is 9.90 Å². The van der Waals surface area contributed by atoms with Crippen molar-refractivity contribution in [1.82, 2.24) is 5.32 Å². The molecule has 0 spiro atoms. The Labute approximate surface area is 83.6 Å². The molecule has 1 aliphatic heterocycles. The summed E-state index contributed by atoms with van der Waals surface area (Å²) in [6.45, 7) is 3.77. The van der Waals surface area contributed by atoms with E-state index < -0.39 is 11.5 Å². The van der Waals surface area contributed by atoms with Gasteiger partial charge in [0.15, 0.2) is 0 Å². The Balaban J connectivity index is 2.15. The van der Waals surface area contributed by atoms with Crippen LogP contribution in [0.4, 0.5) is 0 Å². The summed E-state index contributed by atoms with van der Waals surface area (Å²) >= 11 is 0. The van der Waals surface area contributed by atoms with Gasteiger partial charge in [-0.3, -0.25) is 10.1 Å². The van der Waals surface area contributed by atoms with Crippen LogP contribution in [-0.4, -0.2) is 34.9 Å². The molecule has 1 saturated carbocycles. The normalized spacial score (nSPS) is 42.7. The lowest BCUT2D eigenvalue weighted by Gasteiger charge is -2.28. The lowest BCUT2D eigenvalue weighted by atomic mass is 9.90. The number of nitrogens with one attached hydrogen (secondary N) is 1. The van der Waals surface area contributed by atoms with Crippen molar-refractivity contribution in [2.45, 2.75) is 56.9 Å². The summed E-state index contributed by atoms with van der Waals surface area (Å²) in [5.41, 5.74) is -0.847. The van der Waals surface area contributed by atoms with Gasteiger partial charge >= 0.3 is 5.97 Å². The summed E-state index contributed by atoms with van der Waals surface area (Å²) in [5.74, 6) is -0.777. The largest absolute Gasteiger partial charge is 0.480 e. The minimum Gasteiger partial charge on any atom is -0.480 e. The molecule has 0 radical (unpaired) electrons. The number of carbonyl (C=O) groups is 1. The van der Waals surface area contributed by atoms with Crippen LogP contribution < -0.4 is 5.32 Å². The van der Waals surface area contributed by atoms with Crippen LogP contribution in [0.15, 0.2) is 0 Å². The molecule has 0 aromatic carbocycles. The molecule has 0 bridgehead atoms. The van der Waals surface area contributed by atoms with Gasteiger partial charge in [-0.05, 0) is 26.7 Å². The number of carboxylic acids is 1. The van der Waals surface area contributed by atoms with Crippen LogP contribution in [-0.2, 0) is 9.53 Å². The zero-order chi connectivity index (χ0) is 10.3. The molecule has 1 aliphatic carbocycles. The minimum absolute atomic E-state index is 0.0346. The quantitative estimate of drug-likeness (QED) is 0.704. The van der Waals surface area contributed by atoms with E-state index in [4.69, 9.17) is 4.74 Å².